The van der Waals surface area contributed by atoms with Crippen molar-refractivity contribution < 1.29 is 15.0 Å². The van der Waals surface area contributed by atoms with Crippen LogP contribution in [0, 0.1) is 0 Å². The highest BCUT2D eigenvalue weighted by Gasteiger charge is 2.11. The zero-order chi connectivity index (χ0) is 17.8. The van der Waals surface area contributed by atoms with Gasteiger partial charge in [0.05, 0.1) is 5.69 Å². The molecule has 1 heterocycles. The van der Waals surface area contributed by atoms with Crippen molar-refractivity contribution in [1.82, 2.24) is 15.5 Å². The number of nitrogens with zero attached hydrogens (tertiary/aromatic N) is 1. The summed E-state index contributed by atoms with van der Waals surface area (Å²) in [6.45, 7) is 0.398. The lowest BCUT2D eigenvalue weighted by Gasteiger charge is -2.05. The number of hydrogen-bond acceptors (Lipinski definition) is 4. The van der Waals surface area contributed by atoms with Crippen molar-refractivity contribution in [1.29, 1.82) is 0 Å². The Morgan fingerprint density at radius 3 is 2.56 bits per heavy atom. The van der Waals surface area contributed by atoms with Crippen molar-refractivity contribution in [2.75, 3.05) is 6.54 Å². The molecule has 128 valence electrons. The molecule has 0 aliphatic carbocycles. The van der Waals surface area contributed by atoms with Crippen LogP contribution in [-0.4, -0.2) is 32.9 Å². The number of aromatic amines is 1. The van der Waals surface area contributed by atoms with E-state index in [-0.39, 0.29) is 17.4 Å². The summed E-state index contributed by atoms with van der Waals surface area (Å²) in [5.41, 5.74) is 2.81. The first-order valence-corrected chi connectivity index (χ1v) is 8.42. The standard InChI is InChI=1S/C18H16BrN3O3/c19-13-4-2-12(3-5-13)14-10-15(22-21-14)18(25)20-8-7-11-1-6-16(23)17(24)9-11/h1-6,9-10,23-24H,7-8H2,(H,20,25)(H,21,22). The molecule has 4 N–H and O–H groups in total. The van der Waals surface area contributed by atoms with Crippen molar-refractivity contribution in [2.24, 2.45) is 0 Å². The molecule has 0 saturated heterocycles. The number of phenolic OH excluding ortho intramolecular Hbond substituents is 2. The number of aromatic hydroxyl groups is 2. The predicted molar refractivity (Wildman–Crippen MR) is 97.5 cm³/mol. The Morgan fingerprint density at radius 2 is 1.84 bits per heavy atom. The molecule has 3 aromatic rings. The summed E-state index contributed by atoms with van der Waals surface area (Å²) in [4.78, 5) is 12.2. The first kappa shape index (κ1) is 17.0. The summed E-state index contributed by atoms with van der Waals surface area (Å²) >= 11 is 3.38. The highest BCUT2D eigenvalue weighted by molar-refractivity contribution is 9.10. The van der Waals surface area contributed by atoms with E-state index < -0.39 is 0 Å². The van der Waals surface area contributed by atoms with Gasteiger partial charge in [0, 0.05) is 16.6 Å². The molecule has 1 aromatic heterocycles. The Balaban J connectivity index is 1.58. The molecule has 0 bridgehead atoms. The van der Waals surface area contributed by atoms with E-state index in [2.05, 4.69) is 31.4 Å². The third-order valence-corrected chi connectivity index (χ3v) is 4.23. The normalized spacial score (nSPS) is 10.6. The second kappa shape index (κ2) is 7.40. The van der Waals surface area contributed by atoms with E-state index in [1.54, 1.807) is 12.1 Å². The fourth-order valence-corrected chi connectivity index (χ4v) is 2.61. The minimum Gasteiger partial charge on any atom is -0.504 e. The molecule has 0 fully saturated rings. The van der Waals surface area contributed by atoms with Crippen LogP contribution < -0.4 is 5.32 Å². The van der Waals surface area contributed by atoms with Crippen molar-refractivity contribution in [2.45, 2.75) is 6.42 Å². The number of aromatic nitrogens is 2. The molecule has 0 spiro atoms. The maximum Gasteiger partial charge on any atom is 0.269 e. The average molecular weight is 402 g/mol. The minimum absolute atomic E-state index is 0.161. The van der Waals surface area contributed by atoms with Gasteiger partial charge in [0.15, 0.2) is 11.5 Å². The van der Waals surface area contributed by atoms with Crippen LogP contribution in [-0.2, 0) is 6.42 Å². The highest BCUT2D eigenvalue weighted by Crippen LogP contribution is 2.25. The third kappa shape index (κ3) is 4.19. The van der Waals surface area contributed by atoms with Crippen LogP contribution in [0.3, 0.4) is 0 Å². The van der Waals surface area contributed by atoms with Crippen LogP contribution in [0.25, 0.3) is 11.3 Å². The van der Waals surface area contributed by atoms with E-state index in [4.69, 9.17) is 0 Å². The smallest absolute Gasteiger partial charge is 0.269 e. The summed E-state index contributed by atoms with van der Waals surface area (Å²) in [6.07, 6.45) is 0.535. The molecule has 3 rings (SSSR count). The van der Waals surface area contributed by atoms with Gasteiger partial charge < -0.3 is 15.5 Å². The SMILES string of the molecule is O=C(NCCc1ccc(O)c(O)c1)c1cc(-c2ccc(Br)cc2)n[nH]1. The lowest BCUT2D eigenvalue weighted by Crippen LogP contribution is -2.26. The quantitative estimate of drug-likeness (QED) is 0.493. The number of H-pyrrole nitrogens is 1. The topological polar surface area (TPSA) is 98.2 Å². The molecular formula is C18H16BrN3O3. The van der Waals surface area contributed by atoms with Crippen LogP contribution in [0.4, 0.5) is 0 Å². The maximum atomic E-state index is 12.2. The van der Waals surface area contributed by atoms with Gasteiger partial charge in [-0.2, -0.15) is 5.10 Å². The van der Waals surface area contributed by atoms with Crippen molar-refractivity contribution >= 4 is 21.8 Å². The first-order valence-electron chi connectivity index (χ1n) is 7.63. The van der Waals surface area contributed by atoms with Crippen LogP contribution in [0.15, 0.2) is 53.0 Å². The average Bonchev–Trinajstić information content (AvgIpc) is 3.09. The van der Waals surface area contributed by atoms with Crippen LogP contribution in [0.2, 0.25) is 0 Å². The van der Waals surface area contributed by atoms with Crippen LogP contribution >= 0.6 is 15.9 Å². The van der Waals surface area contributed by atoms with Crippen LogP contribution in [0.5, 0.6) is 11.5 Å². The van der Waals surface area contributed by atoms with Gasteiger partial charge in [0.1, 0.15) is 5.69 Å². The molecule has 0 saturated carbocycles. The molecule has 2 aromatic carbocycles. The summed E-state index contributed by atoms with van der Waals surface area (Å²) in [5.74, 6) is -0.582. The van der Waals surface area contributed by atoms with E-state index in [1.807, 2.05) is 24.3 Å². The lowest BCUT2D eigenvalue weighted by molar-refractivity contribution is 0.0949. The second-order valence-electron chi connectivity index (χ2n) is 5.50. The lowest BCUT2D eigenvalue weighted by atomic mass is 10.1. The zero-order valence-corrected chi connectivity index (χ0v) is 14.7. The number of rotatable bonds is 5. The zero-order valence-electron chi connectivity index (χ0n) is 13.2. The summed E-state index contributed by atoms with van der Waals surface area (Å²) in [5, 5.41) is 28.4. The fraction of sp³-hybridized carbons (Fsp3) is 0.111. The molecule has 6 nitrogen and oxygen atoms in total. The Kier molecular flexibility index (Phi) is 5.04. The number of carbonyl (C=O) groups is 1. The summed E-state index contributed by atoms with van der Waals surface area (Å²) in [7, 11) is 0. The molecule has 1 amide bonds. The summed E-state index contributed by atoms with van der Waals surface area (Å²) < 4.78 is 0.977. The van der Waals surface area contributed by atoms with Gasteiger partial charge in [0.25, 0.3) is 5.91 Å². The molecule has 7 heteroatoms. The Bertz CT molecular complexity index is 891. The van der Waals surface area contributed by atoms with Crippen molar-refractivity contribution in [3.05, 3.63) is 64.3 Å². The fourth-order valence-electron chi connectivity index (χ4n) is 2.35. The van der Waals surface area contributed by atoms with E-state index in [0.717, 1.165) is 15.6 Å². The second-order valence-corrected chi connectivity index (χ2v) is 6.42. The summed E-state index contributed by atoms with van der Waals surface area (Å²) in [6, 6.07) is 14.0. The largest absolute Gasteiger partial charge is 0.504 e. The van der Waals surface area contributed by atoms with Gasteiger partial charge in [-0.05, 0) is 42.3 Å². The Labute approximate surface area is 152 Å². The van der Waals surface area contributed by atoms with E-state index in [1.165, 1.54) is 12.1 Å². The van der Waals surface area contributed by atoms with Gasteiger partial charge >= 0.3 is 0 Å². The maximum absolute atomic E-state index is 12.2. The van der Waals surface area contributed by atoms with Crippen molar-refractivity contribution in [3.63, 3.8) is 0 Å². The van der Waals surface area contributed by atoms with Gasteiger partial charge in [-0.15, -0.1) is 0 Å². The van der Waals surface area contributed by atoms with Crippen molar-refractivity contribution in [3.8, 4) is 22.8 Å². The minimum atomic E-state index is -0.251. The third-order valence-electron chi connectivity index (χ3n) is 3.70. The molecule has 0 atom stereocenters. The van der Waals surface area contributed by atoms with E-state index in [9.17, 15) is 15.0 Å². The van der Waals surface area contributed by atoms with Crippen LogP contribution in [0.1, 0.15) is 16.1 Å². The number of phenols is 2. The van der Waals surface area contributed by atoms with E-state index >= 15 is 0 Å². The number of halogens is 1. The van der Waals surface area contributed by atoms with E-state index in [0.29, 0.717) is 24.4 Å². The molecule has 0 radical (unpaired) electrons. The number of carbonyl (C=O) groups excluding carboxylic acids is 1. The number of amides is 1. The Morgan fingerprint density at radius 1 is 1.08 bits per heavy atom. The van der Waals surface area contributed by atoms with Gasteiger partial charge in [0.2, 0.25) is 0 Å². The Hall–Kier alpha value is -2.80. The number of hydrogen-bond donors (Lipinski definition) is 4. The first-order chi connectivity index (χ1) is 12.0. The van der Waals surface area contributed by atoms with Gasteiger partial charge in [-0.3, -0.25) is 9.89 Å². The molecule has 25 heavy (non-hydrogen) atoms. The molecule has 0 unspecified atom stereocenters. The predicted octanol–water partition coefficient (Wildman–Crippen LogP) is 3.22. The van der Waals surface area contributed by atoms with Gasteiger partial charge in [-0.25, -0.2) is 0 Å². The monoisotopic (exact) mass is 401 g/mol. The molecule has 0 aliphatic heterocycles. The number of benzene rings is 2. The van der Waals surface area contributed by atoms with Gasteiger partial charge in [-0.1, -0.05) is 34.1 Å². The number of nitrogens with one attached hydrogen (secondary N) is 2. The highest BCUT2D eigenvalue weighted by atomic mass is 79.9. The molecular weight excluding hydrogens is 386 g/mol. The molecule has 0 aliphatic rings.